The maximum atomic E-state index is 13.3. The van der Waals surface area contributed by atoms with Crippen molar-refractivity contribution in [1.82, 2.24) is 9.80 Å². The lowest BCUT2D eigenvalue weighted by Crippen LogP contribution is -2.48. The van der Waals surface area contributed by atoms with Crippen LogP contribution < -0.4 is 9.47 Å². The third-order valence-corrected chi connectivity index (χ3v) is 6.84. The van der Waals surface area contributed by atoms with Gasteiger partial charge in [-0.25, -0.2) is 0 Å². The van der Waals surface area contributed by atoms with E-state index in [0.717, 1.165) is 55.2 Å². The van der Waals surface area contributed by atoms with Crippen LogP contribution in [-0.2, 0) is 31.0 Å². The van der Waals surface area contributed by atoms with E-state index in [9.17, 15) is 4.79 Å². The fourth-order valence-electron chi connectivity index (χ4n) is 4.65. The van der Waals surface area contributed by atoms with Gasteiger partial charge in [0.15, 0.2) is 0 Å². The molecule has 0 aliphatic carbocycles. The Morgan fingerprint density at radius 3 is 1.79 bits per heavy atom. The lowest BCUT2D eigenvalue weighted by atomic mass is 10.1. The maximum absolute atomic E-state index is 13.3. The quantitative estimate of drug-likeness (QED) is 0.275. The highest BCUT2D eigenvalue weighted by Crippen LogP contribution is 2.28. The van der Waals surface area contributed by atoms with Crippen LogP contribution in [0.3, 0.4) is 0 Å². The van der Waals surface area contributed by atoms with Gasteiger partial charge in [0.1, 0.15) is 24.7 Å². The van der Waals surface area contributed by atoms with Crippen LogP contribution in [0.1, 0.15) is 22.3 Å². The molecule has 5 rings (SSSR count). The van der Waals surface area contributed by atoms with Crippen LogP contribution in [0.5, 0.6) is 11.5 Å². The molecule has 1 aliphatic rings. The summed E-state index contributed by atoms with van der Waals surface area (Å²) in [6.45, 7) is 5.07. The molecule has 1 amide bonds. The van der Waals surface area contributed by atoms with Gasteiger partial charge >= 0.3 is 0 Å². The molecule has 1 aliphatic heterocycles. The van der Waals surface area contributed by atoms with Gasteiger partial charge in [-0.1, -0.05) is 97.1 Å². The van der Waals surface area contributed by atoms with Gasteiger partial charge in [-0.15, -0.1) is 0 Å². The Morgan fingerprint density at radius 1 is 0.632 bits per heavy atom. The average Bonchev–Trinajstić information content (AvgIpc) is 2.98. The lowest BCUT2D eigenvalue weighted by Gasteiger charge is -2.35. The molecule has 38 heavy (non-hydrogen) atoms. The van der Waals surface area contributed by atoms with Crippen molar-refractivity contribution in [2.75, 3.05) is 26.2 Å². The van der Waals surface area contributed by atoms with Gasteiger partial charge in [0.25, 0.3) is 0 Å². The summed E-state index contributed by atoms with van der Waals surface area (Å²) in [5.74, 6) is 1.55. The van der Waals surface area contributed by atoms with Crippen LogP contribution in [0.2, 0.25) is 0 Å². The Kier molecular flexibility index (Phi) is 8.69. The van der Waals surface area contributed by atoms with Crippen molar-refractivity contribution in [3.8, 4) is 11.5 Å². The lowest BCUT2D eigenvalue weighted by molar-refractivity contribution is -0.132. The van der Waals surface area contributed by atoms with Gasteiger partial charge in [-0.3, -0.25) is 9.69 Å². The van der Waals surface area contributed by atoms with Crippen molar-refractivity contribution in [3.63, 3.8) is 0 Å². The largest absolute Gasteiger partial charge is 0.489 e. The van der Waals surface area contributed by atoms with E-state index in [4.69, 9.17) is 9.47 Å². The summed E-state index contributed by atoms with van der Waals surface area (Å²) < 4.78 is 12.3. The summed E-state index contributed by atoms with van der Waals surface area (Å²) in [4.78, 5) is 17.7. The number of hydrogen-bond acceptors (Lipinski definition) is 4. The van der Waals surface area contributed by atoms with E-state index in [2.05, 4.69) is 29.2 Å². The van der Waals surface area contributed by atoms with Crippen LogP contribution in [0.25, 0.3) is 0 Å². The first-order chi connectivity index (χ1) is 18.7. The minimum atomic E-state index is 0.131. The van der Waals surface area contributed by atoms with Crippen molar-refractivity contribution in [1.29, 1.82) is 0 Å². The van der Waals surface area contributed by atoms with E-state index in [0.29, 0.717) is 25.4 Å². The zero-order valence-corrected chi connectivity index (χ0v) is 21.7. The third kappa shape index (κ3) is 7.24. The number of carbonyl (C=O) groups is 1. The molecule has 0 atom stereocenters. The summed E-state index contributed by atoms with van der Waals surface area (Å²) in [6, 6.07) is 36.4. The highest BCUT2D eigenvalue weighted by Gasteiger charge is 2.22. The second kappa shape index (κ2) is 12.9. The molecular weight excluding hydrogens is 472 g/mol. The number of carbonyl (C=O) groups excluding carboxylic acids is 1. The Balaban J connectivity index is 1.22. The fourth-order valence-corrected chi connectivity index (χ4v) is 4.65. The van der Waals surface area contributed by atoms with E-state index >= 15 is 0 Å². The van der Waals surface area contributed by atoms with Gasteiger partial charge in [0.2, 0.25) is 5.91 Å². The monoisotopic (exact) mass is 506 g/mol. The van der Waals surface area contributed by atoms with E-state index in [1.807, 2.05) is 89.8 Å². The van der Waals surface area contributed by atoms with Gasteiger partial charge < -0.3 is 14.4 Å². The standard InChI is InChI=1S/C33H34N2O3/c36-33(35-20-18-34(19-21-35)24-27-10-4-1-5-11-27)22-30-16-17-31(37-25-28-12-6-2-7-13-28)23-32(30)38-26-29-14-8-3-9-15-29/h1-17,23H,18-22,24-26H2. The van der Waals surface area contributed by atoms with Gasteiger partial charge in [-0.2, -0.15) is 0 Å². The Morgan fingerprint density at radius 2 is 1.18 bits per heavy atom. The fraction of sp³-hybridized carbons (Fsp3) is 0.242. The van der Waals surface area contributed by atoms with E-state index in [1.54, 1.807) is 0 Å². The van der Waals surface area contributed by atoms with Crippen molar-refractivity contribution in [2.45, 2.75) is 26.2 Å². The number of ether oxygens (including phenoxy) is 2. The Bertz CT molecular complexity index is 1290. The summed E-state index contributed by atoms with van der Waals surface area (Å²) in [6.07, 6.45) is 0.307. The number of rotatable bonds is 10. The van der Waals surface area contributed by atoms with Crippen LogP contribution >= 0.6 is 0 Å². The molecule has 5 nitrogen and oxygen atoms in total. The second-order valence-electron chi connectivity index (χ2n) is 9.64. The van der Waals surface area contributed by atoms with Crippen LogP contribution in [0.4, 0.5) is 0 Å². The third-order valence-electron chi connectivity index (χ3n) is 6.84. The molecule has 194 valence electrons. The molecule has 0 radical (unpaired) electrons. The highest BCUT2D eigenvalue weighted by atomic mass is 16.5. The topological polar surface area (TPSA) is 42.0 Å². The van der Waals surface area contributed by atoms with Crippen LogP contribution in [0.15, 0.2) is 109 Å². The van der Waals surface area contributed by atoms with Crippen molar-refractivity contribution >= 4 is 5.91 Å². The molecule has 1 fully saturated rings. The maximum Gasteiger partial charge on any atom is 0.227 e. The molecule has 0 bridgehead atoms. The predicted molar refractivity (Wildman–Crippen MR) is 150 cm³/mol. The summed E-state index contributed by atoms with van der Waals surface area (Å²) in [5, 5.41) is 0. The van der Waals surface area contributed by atoms with Crippen LogP contribution in [0, 0.1) is 0 Å². The van der Waals surface area contributed by atoms with Gasteiger partial charge in [-0.05, 0) is 22.8 Å². The molecule has 1 saturated heterocycles. The van der Waals surface area contributed by atoms with E-state index < -0.39 is 0 Å². The minimum Gasteiger partial charge on any atom is -0.489 e. The smallest absolute Gasteiger partial charge is 0.227 e. The molecule has 4 aromatic rings. The highest BCUT2D eigenvalue weighted by molar-refractivity contribution is 5.79. The molecule has 0 unspecified atom stereocenters. The first kappa shape index (κ1) is 25.6. The number of hydrogen-bond donors (Lipinski definition) is 0. The second-order valence-corrected chi connectivity index (χ2v) is 9.64. The molecular formula is C33H34N2O3. The summed E-state index contributed by atoms with van der Waals surface area (Å²) >= 11 is 0. The number of nitrogens with zero attached hydrogens (tertiary/aromatic N) is 2. The van der Waals surface area contributed by atoms with Gasteiger partial charge in [0.05, 0.1) is 6.42 Å². The molecule has 0 N–H and O–H groups in total. The summed E-state index contributed by atoms with van der Waals surface area (Å²) in [7, 11) is 0. The van der Waals surface area contributed by atoms with Crippen molar-refractivity contribution < 1.29 is 14.3 Å². The molecule has 4 aromatic carbocycles. The minimum absolute atomic E-state index is 0.131. The van der Waals surface area contributed by atoms with Crippen molar-refractivity contribution in [3.05, 3.63) is 131 Å². The zero-order valence-electron chi connectivity index (χ0n) is 21.7. The molecule has 0 saturated carbocycles. The van der Waals surface area contributed by atoms with Gasteiger partial charge in [0, 0.05) is 44.4 Å². The van der Waals surface area contributed by atoms with E-state index in [1.165, 1.54) is 5.56 Å². The van der Waals surface area contributed by atoms with Crippen molar-refractivity contribution in [2.24, 2.45) is 0 Å². The number of benzene rings is 4. The molecule has 5 heteroatoms. The normalized spacial score (nSPS) is 13.7. The number of piperazine rings is 1. The first-order valence-electron chi connectivity index (χ1n) is 13.2. The Hall–Kier alpha value is -4.09. The SMILES string of the molecule is O=C(Cc1ccc(OCc2ccccc2)cc1OCc1ccccc1)N1CCN(Cc2ccccc2)CC1. The zero-order chi connectivity index (χ0) is 26.0. The number of amides is 1. The molecule has 0 aromatic heterocycles. The molecule has 0 spiro atoms. The molecule has 1 heterocycles. The van der Waals surface area contributed by atoms with Crippen LogP contribution in [-0.4, -0.2) is 41.9 Å². The average molecular weight is 507 g/mol. The predicted octanol–water partition coefficient (Wildman–Crippen LogP) is 5.73. The van der Waals surface area contributed by atoms with E-state index in [-0.39, 0.29) is 5.91 Å². The first-order valence-corrected chi connectivity index (χ1v) is 13.2. The summed E-state index contributed by atoms with van der Waals surface area (Å²) in [5.41, 5.74) is 4.37. The Labute approximate surface area is 225 Å².